The first-order valence-electron chi connectivity index (χ1n) is 8.73. The zero-order valence-corrected chi connectivity index (χ0v) is 15.8. The molecule has 1 amide bonds. The van der Waals surface area contributed by atoms with E-state index < -0.39 is 0 Å². The number of halogens is 1. The molecule has 1 fully saturated rings. The van der Waals surface area contributed by atoms with E-state index in [1.165, 1.54) is 0 Å². The van der Waals surface area contributed by atoms with Crippen LogP contribution in [-0.4, -0.2) is 50.7 Å². The third-order valence-corrected chi connectivity index (χ3v) is 4.79. The summed E-state index contributed by atoms with van der Waals surface area (Å²) in [4.78, 5) is 16.9. The number of rotatable bonds is 5. The molecule has 2 aromatic rings. The van der Waals surface area contributed by atoms with Gasteiger partial charge in [-0.1, -0.05) is 23.7 Å². The van der Waals surface area contributed by atoms with Crippen LogP contribution < -0.4 is 14.4 Å². The molecule has 26 heavy (non-hydrogen) atoms. The third kappa shape index (κ3) is 3.88. The average Bonchev–Trinajstić information content (AvgIpc) is 2.68. The number of anilines is 1. The van der Waals surface area contributed by atoms with Crippen molar-refractivity contribution in [2.75, 3.05) is 44.8 Å². The number of benzene rings is 2. The molecular formula is C20H23ClN2O3. The van der Waals surface area contributed by atoms with Gasteiger partial charge in [0, 0.05) is 31.7 Å². The van der Waals surface area contributed by atoms with Crippen LogP contribution in [0.1, 0.15) is 17.3 Å². The van der Waals surface area contributed by atoms with Crippen LogP contribution in [0.2, 0.25) is 5.02 Å². The Hall–Kier alpha value is -2.40. The second kappa shape index (κ2) is 8.32. The average molecular weight is 375 g/mol. The minimum Gasteiger partial charge on any atom is -0.493 e. The summed E-state index contributed by atoms with van der Waals surface area (Å²) in [6, 6.07) is 13.1. The van der Waals surface area contributed by atoms with Crippen LogP contribution in [0.3, 0.4) is 0 Å². The predicted octanol–water partition coefficient (Wildman–Crippen LogP) is 3.71. The fourth-order valence-electron chi connectivity index (χ4n) is 3.12. The Balaban J connectivity index is 1.69. The van der Waals surface area contributed by atoms with E-state index in [2.05, 4.69) is 4.90 Å². The van der Waals surface area contributed by atoms with E-state index in [-0.39, 0.29) is 5.91 Å². The first kappa shape index (κ1) is 18.4. The van der Waals surface area contributed by atoms with Crippen molar-refractivity contribution >= 4 is 23.2 Å². The van der Waals surface area contributed by atoms with Gasteiger partial charge in [0.1, 0.15) is 0 Å². The smallest absolute Gasteiger partial charge is 0.254 e. The van der Waals surface area contributed by atoms with Crippen molar-refractivity contribution in [3.05, 3.63) is 53.1 Å². The normalized spacial score (nSPS) is 14.3. The second-order valence-corrected chi connectivity index (χ2v) is 6.44. The molecule has 0 saturated carbocycles. The number of ether oxygens (including phenoxy) is 2. The molecule has 0 N–H and O–H groups in total. The van der Waals surface area contributed by atoms with Gasteiger partial charge in [0.15, 0.2) is 11.5 Å². The fourth-order valence-corrected chi connectivity index (χ4v) is 3.37. The van der Waals surface area contributed by atoms with Gasteiger partial charge in [-0.3, -0.25) is 4.79 Å². The van der Waals surface area contributed by atoms with E-state index in [9.17, 15) is 4.79 Å². The number of carbonyl (C=O) groups is 1. The number of methoxy groups -OCH3 is 1. The SMILES string of the molecule is CCOc1cc(C(=O)N2CCN(c3ccccc3Cl)CC2)ccc1OC. The van der Waals surface area contributed by atoms with Crippen molar-refractivity contribution in [2.24, 2.45) is 0 Å². The molecule has 0 radical (unpaired) electrons. The molecule has 0 aromatic heterocycles. The molecule has 0 bridgehead atoms. The zero-order valence-electron chi connectivity index (χ0n) is 15.1. The number of amides is 1. The van der Waals surface area contributed by atoms with Gasteiger partial charge in [-0.25, -0.2) is 0 Å². The molecule has 1 aliphatic rings. The minimum atomic E-state index is 0.00687. The first-order valence-corrected chi connectivity index (χ1v) is 9.11. The maximum atomic E-state index is 12.9. The Bertz CT molecular complexity index is 773. The van der Waals surface area contributed by atoms with E-state index in [0.29, 0.717) is 36.8 Å². The molecule has 5 nitrogen and oxygen atoms in total. The number of hydrogen-bond acceptors (Lipinski definition) is 4. The van der Waals surface area contributed by atoms with Crippen LogP contribution in [-0.2, 0) is 0 Å². The van der Waals surface area contributed by atoms with Crippen molar-refractivity contribution in [2.45, 2.75) is 6.92 Å². The third-order valence-electron chi connectivity index (χ3n) is 4.47. The summed E-state index contributed by atoms with van der Waals surface area (Å²) in [6.07, 6.45) is 0. The Morgan fingerprint density at radius 1 is 1.08 bits per heavy atom. The maximum absolute atomic E-state index is 12.9. The fraction of sp³-hybridized carbons (Fsp3) is 0.350. The van der Waals surface area contributed by atoms with Crippen LogP contribution >= 0.6 is 11.6 Å². The van der Waals surface area contributed by atoms with Crippen molar-refractivity contribution < 1.29 is 14.3 Å². The summed E-state index contributed by atoms with van der Waals surface area (Å²) in [6.45, 7) is 5.24. The lowest BCUT2D eigenvalue weighted by Crippen LogP contribution is -2.48. The Kier molecular flexibility index (Phi) is 5.89. The van der Waals surface area contributed by atoms with Gasteiger partial charge in [-0.15, -0.1) is 0 Å². The molecule has 0 unspecified atom stereocenters. The number of carbonyl (C=O) groups excluding carboxylic acids is 1. The Morgan fingerprint density at radius 3 is 2.46 bits per heavy atom. The van der Waals surface area contributed by atoms with Crippen molar-refractivity contribution in [3.63, 3.8) is 0 Å². The zero-order chi connectivity index (χ0) is 18.5. The lowest BCUT2D eigenvalue weighted by atomic mass is 10.1. The van der Waals surface area contributed by atoms with Gasteiger partial charge < -0.3 is 19.3 Å². The Morgan fingerprint density at radius 2 is 1.81 bits per heavy atom. The molecule has 3 rings (SSSR count). The summed E-state index contributed by atoms with van der Waals surface area (Å²) >= 11 is 6.28. The first-order chi connectivity index (χ1) is 12.6. The highest BCUT2D eigenvalue weighted by atomic mass is 35.5. The van der Waals surface area contributed by atoms with Crippen LogP contribution in [0.4, 0.5) is 5.69 Å². The summed E-state index contributed by atoms with van der Waals surface area (Å²) in [5.41, 5.74) is 1.63. The molecular weight excluding hydrogens is 352 g/mol. The van der Waals surface area contributed by atoms with Gasteiger partial charge in [0.2, 0.25) is 0 Å². The molecule has 1 saturated heterocycles. The van der Waals surface area contributed by atoms with E-state index in [1.807, 2.05) is 36.1 Å². The highest BCUT2D eigenvalue weighted by molar-refractivity contribution is 6.33. The number of para-hydroxylation sites is 1. The molecule has 6 heteroatoms. The van der Waals surface area contributed by atoms with E-state index in [4.69, 9.17) is 21.1 Å². The Labute approximate surface area is 159 Å². The van der Waals surface area contributed by atoms with Gasteiger partial charge in [0.05, 0.1) is 24.4 Å². The molecule has 0 spiro atoms. The van der Waals surface area contributed by atoms with Crippen LogP contribution in [0.15, 0.2) is 42.5 Å². The molecule has 138 valence electrons. The summed E-state index contributed by atoms with van der Waals surface area (Å²) in [5, 5.41) is 0.740. The monoisotopic (exact) mass is 374 g/mol. The van der Waals surface area contributed by atoms with E-state index in [1.54, 1.807) is 25.3 Å². The van der Waals surface area contributed by atoms with Crippen molar-refractivity contribution in [3.8, 4) is 11.5 Å². The second-order valence-electron chi connectivity index (χ2n) is 6.03. The van der Waals surface area contributed by atoms with Crippen LogP contribution in [0.5, 0.6) is 11.5 Å². The van der Waals surface area contributed by atoms with E-state index in [0.717, 1.165) is 23.8 Å². The highest BCUT2D eigenvalue weighted by Crippen LogP contribution is 2.29. The highest BCUT2D eigenvalue weighted by Gasteiger charge is 2.24. The molecule has 1 heterocycles. The topological polar surface area (TPSA) is 42.0 Å². The molecule has 0 atom stereocenters. The van der Waals surface area contributed by atoms with Crippen LogP contribution in [0.25, 0.3) is 0 Å². The number of hydrogen-bond donors (Lipinski definition) is 0. The largest absolute Gasteiger partial charge is 0.493 e. The lowest BCUT2D eigenvalue weighted by molar-refractivity contribution is 0.0746. The van der Waals surface area contributed by atoms with Crippen molar-refractivity contribution in [1.29, 1.82) is 0 Å². The summed E-state index contributed by atoms with van der Waals surface area (Å²) in [7, 11) is 1.59. The number of piperazine rings is 1. The summed E-state index contributed by atoms with van der Waals surface area (Å²) in [5.74, 6) is 1.23. The maximum Gasteiger partial charge on any atom is 0.254 e. The quantitative estimate of drug-likeness (QED) is 0.800. The lowest BCUT2D eigenvalue weighted by Gasteiger charge is -2.36. The molecule has 0 aliphatic carbocycles. The van der Waals surface area contributed by atoms with Gasteiger partial charge in [0.25, 0.3) is 5.91 Å². The molecule has 2 aromatic carbocycles. The van der Waals surface area contributed by atoms with Crippen LogP contribution in [0, 0.1) is 0 Å². The van der Waals surface area contributed by atoms with Gasteiger partial charge in [-0.05, 0) is 37.3 Å². The van der Waals surface area contributed by atoms with Gasteiger partial charge in [-0.2, -0.15) is 0 Å². The molecule has 1 aliphatic heterocycles. The predicted molar refractivity (Wildman–Crippen MR) is 104 cm³/mol. The van der Waals surface area contributed by atoms with Gasteiger partial charge >= 0.3 is 0 Å². The van der Waals surface area contributed by atoms with Crippen molar-refractivity contribution in [1.82, 2.24) is 4.90 Å². The standard InChI is InChI=1S/C20H23ClN2O3/c1-3-26-19-14-15(8-9-18(19)25-2)20(24)23-12-10-22(11-13-23)17-7-5-4-6-16(17)21/h4-9,14H,3,10-13H2,1-2H3. The van der Waals surface area contributed by atoms with E-state index >= 15 is 0 Å². The number of nitrogens with zero attached hydrogens (tertiary/aromatic N) is 2. The minimum absolute atomic E-state index is 0.00687. The summed E-state index contributed by atoms with van der Waals surface area (Å²) < 4.78 is 10.9.